The average Bonchev–Trinajstić information content (AvgIpc) is 2.95. The van der Waals surface area contributed by atoms with Gasteiger partial charge < -0.3 is 5.11 Å². The second-order valence-corrected chi connectivity index (χ2v) is 5.99. The zero-order valence-corrected chi connectivity index (χ0v) is 14.0. The molecule has 5 nitrogen and oxygen atoms in total. The van der Waals surface area contributed by atoms with Crippen LogP contribution in [0.2, 0.25) is 15.3 Å². The van der Waals surface area contributed by atoms with Crippen LogP contribution in [0, 0.1) is 0 Å². The van der Waals surface area contributed by atoms with E-state index in [1.54, 1.807) is 16.9 Å². The summed E-state index contributed by atoms with van der Waals surface area (Å²) in [7, 11) is 0. The number of rotatable bonds is 4. The minimum absolute atomic E-state index is 0.0990. The van der Waals surface area contributed by atoms with Crippen molar-refractivity contribution >= 4 is 34.8 Å². The smallest absolute Gasteiger partial charge is 0.140 e. The van der Waals surface area contributed by atoms with E-state index in [1.165, 1.54) is 6.33 Å². The molecule has 1 unspecified atom stereocenters. The Hall–Kier alpha value is -1.66. The van der Waals surface area contributed by atoms with Gasteiger partial charge in [0.15, 0.2) is 0 Å². The van der Waals surface area contributed by atoms with Gasteiger partial charge in [0.05, 0.1) is 17.8 Å². The lowest BCUT2D eigenvalue weighted by Crippen LogP contribution is -2.07. The van der Waals surface area contributed by atoms with Crippen LogP contribution in [0.3, 0.4) is 0 Å². The lowest BCUT2D eigenvalue weighted by atomic mass is 10.1. The molecule has 1 N–H and O–H groups in total. The Morgan fingerprint density at radius 1 is 1.09 bits per heavy atom. The highest BCUT2D eigenvalue weighted by Gasteiger charge is 2.21. The summed E-state index contributed by atoms with van der Waals surface area (Å²) in [5.41, 5.74) is 1.65. The minimum Gasteiger partial charge on any atom is -0.382 e. The summed E-state index contributed by atoms with van der Waals surface area (Å²) < 4.78 is 1.69. The summed E-state index contributed by atoms with van der Waals surface area (Å²) in [6.07, 6.45) is 1.89. The van der Waals surface area contributed by atoms with E-state index in [9.17, 15) is 5.11 Å². The molecule has 0 aliphatic rings. The highest BCUT2D eigenvalue weighted by atomic mass is 35.5. The summed E-state index contributed by atoms with van der Waals surface area (Å²) in [6.45, 7) is 0.528. The van der Waals surface area contributed by atoms with Crippen LogP contribution in [-0.4, -0.2) is 24.9 Å². The van der Waals surface area contributed by atoms with Crippen LogP contribution in [0.15, 0.2) is 42.9 Å². The standard InChI is InChI=1S/C15H11Cl3N4O/c16-10-3-1-2-9(6-10)7-22-5-4-11(21-22)13(23)12-14(17)19-8-20-15(12)18/h1-6,8,13,23H,7H2. The molecular formula is C15H11Cl3N4O. The molecule has 3 rings (SSSR count). The Bertz CT molecular complexity index is 817. The van der Waals surface area contributed by atoms with Crippen molar-refractivity contribution in [2.24, 2.45) is 0 Å². The number of aliphatic hydroxyl groups is 1. The van der Waals surface area contributed by atoms with Crippen molar-refractivity contribution in [1.82, 2.24) is 19.7 Å². The molecule has 2 aromatic heterocycles. The topological polar surface area (TPSA) is 63.8 Å². The number of hydrogen-bond acceptors (Lipinski definition) is 4. The van der Waals surface area contributed by atoms with Crippen LogP contribution in [0.5, 0.6) is 0 Å². The Kier molecular flexibility index (Phi) is 4.82. The average molecular weight is 370 g/mol. The van der Waals surface area contributed by atoms with Crippen molar-refractivity contribution in [3.8, 4) is 0 Å². The zero-order chi connectivity index (χ0) is 16.4. The predicted molar refractivity (Wildman–Crippen MR) is 88.9 cm³/mol. The SMILES string of the molecule is OC(c1ccn(Cc2cccc(Cl)c2)n1)c1c(Cl)ncnc1Cl. The van der Waals surface area contributed by atoms with Gasteiger partial charge in [0.2, 0.25) is 0 Å². The quantitative estimate of drug-likeness (QED) is 0.711. The van der Waals surface area contributed by atoms with Crippen LogP contribution in [0.4, 0.5) is 0 Å². The van der Waals surface area contributed by atoms with Gasteiger partial charge in [0.25, 0.3) is 0 Å². The maximum atomic E-state index is 10.4. The first-order chi connectivity index (χ1) is 11.0. The van der Waals surface area contributed by atoms with E-state index >= 15 is 0 Å². The Morgan fingerprint density at radius 2 is 1.83 bits per heavy atom. The molecule has 0 aliphatic heterocycles. The number of hydrogen-bond donors (Lipinski definition) is 1. The highest BCUT2D eigenvalue weighted by molar-refractivity contribution is 6.34. The largest absolute Gasteiger partial charge is 0.382 e. The molecule has 3 aromatic rings. The van der Waals surface area contributed by atoms with Crippen molar-refractivity contribution in [3.05, 3.63) is 75.0 Å². The molecule has 0 spiro atoms. The van der Waals surface area contributed by atoms with Crippen LogP contribution in [-0.2, 0) is 6.54 Å². The summed E-state index contributed by atoms with van der Waals surface area (Å²) in [5, 5.41) is 15.6. The van der Waals surface area contributed by atoms with Crippen molar-refractivity contribution in [3.63, 3.8) is 0 Å². The number of benzene rings is 1. The first-order valence-electron chi connectivity index (χ1n) is 6.66. The van der Waals surface area contributed by atoms with Gasteiger partial charge in [-0.3, -0.25) is 4.68 Å². The van der Waals surface area contributed by atoms with E-state index in [4.69, 9.17) is 34.8 Å². The molecule has 0 bridgehead atoms. The van der Waals surface area contributed by atoms with Crippen LogP contribution in [0.25, 0.3) is 0 Å². The molecule has 118 valence electrons. The van der Waals surface area contributed by atoms with Crippen molar-refractivity contribution < 1.29 is 5.11 Å². The molecule has 0 aliphatic carbocycles. The Labute approximate surface area is 147 Å². The van der Waals surface area contributed by atoms with Gasteiger partial charge >= 0.3 is 0 Å². The molecule has 23 heavy (non-hydrogen) atoms. The summed E-state index contributed by atoms with van der Waals surface area (Å²) in [5.74, 6) is 0. The van der Waals surface area contributed by atoms with Gasteiger partial charge in [-0.05, 0) is 23.8 Å². The molecule has 0 radical (unpaired) electrons. The first kappa shape index (κ1) is 16.2. The third-order valence-corrected chi connectivity index (χ3v) is 4.07. The maximum Gasteiger partial charge on any atom is 0.140 e. The van der Waals surface area contributed by atoms with Gasteiger partial charge in [-0.1, -0.05) is 46.9 Å². The fourth-order valence-electron chi connectivity index (χ4n) is 2.16. The van der Waals surface area contributed by atoms with E-state index in [-0.39, 0.29) is 15.9 Å². The molecule has 0 amide bonds. The molecular weight excluding hydrogens is 359 g/mol. The monoisotopic (exact) mass is 368 g/mol. The van der Waals surface area contributed by atoms with Crippen LogP contribution in [0.1, 0.15) is 22.9 Å². The third kappa shape index (κ3) is 3.64. The predicted octanol–water partition coefficient (Wildman–Crippen LogP) is 3.76. The Morgan fingerprint density at radius 3 is 2.52 bits per heavy atom. The van der Waals surface area contributed by atoms with Crippen LogP contribution >= 0.6 is 34.8 Å². The third-order valence-electron chi connectivity index (χ3n) is 3.24. The second kappa shape index (κ2) is 6.84. The molecule has 1 atom stereocenters. The zero-order valence-electron chi connectivity index (χ0n) is 11.7. The molecule has 2 heterocycles. The Balaban J connectivity index is 1.84. The second-order valence-electron chi connectivity index (χ2n) is 4.84. The van der Waals surface area contributed by atoms with E-state index < -0.39 is 6.10 Å². The maximum absolute atomic E-state index is 10.4. The molecule has 1 aromatic carbocycles. The van der Waals surface area contributed by atoms with E-state index in [1.807, 2.05) is 24.3 Å². The van der Waals surface area contributed by atoms with Crippen molar-refractivity contribution in [2.45, 2.75) is 12.6 Å². The lowest BCUT2D eigenvalue weighted by molar-refractivity contribution is 0.213. The van der Waals surface area contributed by atoms with Gasteiger partial charge in [0, 0.05) is 11.2 Å². The van der Waals surface area contributed by atoms with Crippen molar-refractivity contribution in [2.75, 3.05) is 0 Å². The number of nitrogens with zero attached hydrogens (tertiary/aromatic N) is 4. The fraction of sp³-hybridized carbons (Fsp3) is 0.133. The number of aromatic nitrogens is 4. The number of aliphatic hydroxyl groups excluding tert-OH is 1. The van der Waals surface area contributed by atoms with Gasteiger partial charge in [-0.15, -0.1) is 0 Å². The first-order valence-corrected chi connectivity index (χ1v) is 7.79. The molecule has 0 saturated heterocycles. The van der Waals surface area contributed by atoms with E-state index in [0.717, 1.165) is 5.56 Å². The molecule has 0 fully saturated rings. The normalized spacial score (nSPS) is 12.3. The molecule has 0 saturated carbocycles. The summed E-state index contributed by atoms with van der Waals surface area (Å²) in [6, 6.07) is 9.18. The van der Waals surface area contributed by atoms with E-state index in [0.29, 0.717) is 17.3 Å². The minimum atomic E-state index is -1.10. The summed E-state index contributed by atoms with van der Waals surface area (Å²) in [4.78, 5) is 7.66. The van der Waals surface area contributed by atoms with Gasteiger partial charge in [-0.25, -0.2) is 9.97 Å². The number of halogens is 3. The summed E-state index contributed by atoms with van der Waals surface area (Å²) >= 11 is 17.9. The fourth-order valence-corrected chi connectivity index (χ4v) is 2.90. The van der Waals surface area contributed by atoms with E-state index in [2.05, 4.69) is 15.1 Å². The van der Waals surface area contributed by atoms with Gasteiger partial charge in [0.1, 0.15) is 22.7 Å². The highest BCUT2D eigenvalue weighted by Crippen LogP contribution is 2.30. The molecule has 8 heteroatoms. The van der Waals surface area contributed by atoms with Crippen molar-refractivity contribution in [1.29, 1.82) is 0 Å². The van der Waals surface area contributed by atoms with Gasteiger partial charge in [-0.2, -0.15) is 5.10 Å². The van der Waals surface area contributed by atoms with Crippen LogP contribution < -0.4 is 0 Å². The lowest BCUT2D eigenvalue weighted by Gasteiger charge is -2.10.